The molecule has 2 rings (SSSR count). The molecule has 5 N–H and O–H groups in total. The maximum absolute atomic E-state index is 12.0. The van der Waals surface area contributed by atoms with E-state index in [4.69, 9.17) is 20.9 Å². The molecule has 1 atom stereocenters. The number of primary amides is 2. The topological polar surface area (TPSA) is 134 Å². The van der Waals surface area contributed by atoms with Gasteiger partial charge in [0.15, 0.2) is 0 Å². The van der Waals surface area contributed by atoms with Gasteiger partial charge in [0, 0.05) is 5.56 Å². The number of hydrogen-bond acceptors (Lipinski definition) is 5. The zero-order valence-corrected chi connectivity index (χ0v) is 17.3. The second kappa shape index (κ2) is 9.89. The molecule has 1 unspecified atom stereocenters. The van der Waals surface area contributed by atoms with Gasteiger partial charge in [-0.2, -0.15) is 0 Å². The molecule has 0 saturated heterocycles. The molecule has 0 aliphatic carbocycles. The van der Waals surface area contributed by atoms with Crippen LogP contribution in [-0.2, 0) is 20.9 Å². The summed E-state index contributed by atoms with van der Waals surface area (Å²) in [5.74, 6) is -0.312. The lowest BCUT2D eigenvalue weighted by Gasteiger charge is -2.28. The Hall–Kier alpha value is -3.39. The summed E-state index contributed by atoms with van der Waals surface area (Å²) in [6, 6.07) is 12.9. The van der Waals surface area contributed by atoms with Gasteiger partial charge in [0.25, 0.3) is 0 Å². The number of nitrogens with one attached hydrogen (secondary N) is 1. The average Bonchev–Trinajstić information content (AvgIpc) is 2.67. The highest BCUT2D eigenvalue weighted by atomic mass is 16.5. The first kappa shape index (κ1) is 22.9. The van der Waals surface area contributed by atoms with Crippen LogP contribution < -0.4 is 21.5 Å². The van der Waals surface area contributed by atoms with Crippen LogP contribution in [0.1, 0.15) is 36.7 Å². The molecule has 0 radical (unpaired) electrons. The minimum Gasteiger partial charge on any atom is -0.457 e. The fourth-order valence-electron chi connectivity index (χ4n) is 2.66. The molecule has 0 aliphatic rings. The van der Waals surface area contributed by atoms with E-state index in [0.717, 1.165) is 5.56 Å². The molecule has 160 valence electrons. The van der Waals surface area contributed by atoms with E-state index in [1.165, 1.54) is 0 Å². The maximum Gasteiger partial charge on any atom is 0.248 e. The van der Waals surface area contributed by atoms with Crippen LogP contribution >= 0.6 is 0 Å². The van der Waals surface area contributed by atoms with Crippen molar-refractivity contribution in [3.8, 4) is 11.5 Å². The Balaban J connectivity index is 1.82. The molecule has 30 heavy (non-hydrogen) atoms. The Morgan fingerprint density at radius 2 is 1.47 bits per heavy atom. The third-order valence-electron chi connectivity index (χ3n) is 4.26. The summed E-state index contributed by atoms with van der Waals surface area (Å²) in [5, 5.41) is 2.60. The maximum atomic E-state index is 12.0. The molecular weight excluding hydrogens is 386 g/mol. The van der Waals surface area contributed by atoms with Crippen molar-refractivity contribution in [1.29, 1.82) is 0 Å². The third kappa shape index (κ3) is 6.89. The predicted molar refractivity (Wildman–Crippen MR) is 112 cm³/mol. The van der Waals surface area contributed by atoms with E-state index in [2.05, 4.69) is 5.32 Å². The van der Waals surface area contributed by atoms with Crippen molar-refractivity contribution in [3.63, 3.8) is 0 Å². The zero-order chi connectivity index (χ0) is 22.3. The summed E-state index contributed by atoms with van der Waals surface area (Å²) < 4.78 is 11.1. The molecule has 2 aromatic rings. The third-order valence-corrected chi connectivity index (χ3v) is 4.26. The van der Waals surface area contributed by atoms with Crippen molar-refractivity contribution < 1.29 is 23.9 Å². The van der Waals surface area contributed by atoms with E-state index < -0.39 is 29.2 Å². The highest BCUT2D eigenvalue weighted by molar-refractivity contribution is 5.92. The molecule has 0 aromatic heterocycles. The van der Waals surface area contributed by atoms with Gasteiger partial charge in [0.2, 0.25) is 17.7 Å². The summed E-state index contributed by atoms with van der Waals surface area (Å²) in [5.41, 5.74) is 11.3. The number of carbonyl (C=O) groups is 3. The molecule has 0 saturated carbocycles. The van der Waals surface area contributed by atoms with Crippen LogP contribution in [0.15, 0.2) is 48.5 Å². The Bertz CT molecular complexity index is 886. The van der Waals surface area contributed by atoms with E-state index in [1.54, 1.807) is 36.4 Å². The molecule has 0 spiro atoms. The fourth-order valence-corrected chi connectivity index (χ4v) is 2.66. The lowest BCUT2D eigenvalue weighted by Crippen LogP contribution is -2.52. The minimum absolute atomic E-state index is 0.190. The van der Waals surface area contributed by atoms with Crippen molar-refractivity contribution in [1.82, 2.24) is 5.32 Å². The van der Waals surface area contributed by atoms with Crippen LogP contribution in [0, 0.1) is 5.41 Å². The second-order valence-electron chi connectivity index (χ2n) is 7.90. The van der Waals surface area contributed by atoms with E-state index in [1.807, 2.05) is 32.9 Å². The predicted octanol–water partition coefficient (Wildman–Crippen LogP) is 2.11. The van der Waals surface area contributed by atoms with Crippen LogP contribution in [0.5, 0.6) is 11.5 Å². The molecule has 0 bridgehead atoms. The molecule has 2 aromatic carbocycles. The first-order valence-corrected chi connectivity index (χ1v) is 9.39. The highest BCUT2D eigenvalue weighted by Gasteiger charge is 2.30. The first-order chi connectivity index (χ1) is 14.1. The van der Waals surface area contributed by atoms with Crippen molar-refractivity contribution >= 4 is 17.7 Å². The number of ether oxygens (including phenoxy) is 2. The number of amides is 3. The Kier molecular flexibility index (Phi) is 7.54. The SMILES string of the molecule is CC(C)(C)C(NC(=O)COCc1ccc(Oc2ccc(C(N)=O)cc2)cc1)C(N)=O. The minimum atomic E-state index is -0.776. The lowest BCUT2D eigenvalue weighted by atomic mass is 9.86. The van der Waals surface area contributed by atoms with Gasteiger partial charge in [-0.25, -0.2) is 0 Å². The fraction of sp³-hybridized carbons (Fsp3) is 0.318. The van der Waals surface area contributed by atoms with Gasteiger partial charge < -0.3 is 26.3 Å². The Morgan fingerprint density at radius 1 is 0.933 bits per heavy atom. The van der Waals surface area contributed by atoms with Crippen LogP contribution in [0.2, 0.25) is 0 Å². The molecule has 0 aliphatic heterocycles. The molecule has 8 nitrogen and oxygen atoms in total. The standard InChI is InChI=1S/C22H27N3O5/c1-22(2,3)19(21(24)28)25-18(26)13-29-12-14-4-8-16(9-5-14)30-17-10-6-15(7-11-17)20(23)27/h4-11,19H,12-13H2,1-3H3,(H2,23,27)(H2,24,28)(H,25,26). The highest BCUT2D eigenvalue weighted by Crippen LogP contribution is 2.22. The summed E-state index contributed by atoms with van der Waals surface area (Å²) in [6.45, 7) is 5.49. The van der Waals surface area contributed by atoms with Gasteiger partial charge in [-0.3, -0.25) is 14.4 Å². The normalized spacial score (nSPS) is 12.1. The van der Waals surface area contributed by atoms with E-state index in [-0.39, 0.29) is 13.2 Å². The summed E-state index contributed by atoms with van der Waals surface area (Å²) in [7, 11) is 0. The van der Waals surface area contributed by atoms with Crippen molar-refractivity contribution in [2.45, 2.75) is 33.4 Å². The van der Waals surface area contributed by atoms with Gasteiger partial charge in [0.05, 0.1) is 6.61 Å². The number of nitrogens with two attached hydrogens (primary N) is 2. The van der Waals surface area contributed by atoms with Crippen LogP contribution in [0.3, 0.4) is 0 Å². The van der Waals surface area contributed by atoms with Crippen molar-refractivity contribution in [2.24, 2.45) is 16.9 Å². The Labute approximate surface area is 175 Å². The molecule has 0 fully saturated rings. The van der Waals surface area contributed by atoms with Gasteiger partial charge in [-0.1, -0.05) is 32.9 Å². The van der Waals surface area contributed by atoms with E-state index in [9.17, 15) is 14.4 Å². The smallest absolute Gasteiger partial charge is 0.248 e. The zero-order valence-electron chi connectivity index (χ0n) is 17.3. The van der Waals surface area contributed by atoms with E-state index >= 15 is 0 Å². The number of rotatable bonds is 9. The van der Waals surface area contributed by atoms with Gasteiger partial charge >= 0.3 is 0 Å². The van der Waals surface area contributed by atoms with Crippen molar-refractivity contribution in [2.75, 3.05) is 6.61 Å². The molecule has 3 amide bonds. The van der Waals surface area contributed by atoms with Crippen LogP contribution in [-0.4, -0.2) is 30.4 Å². The molecule has 0 heterocycles. The second-order valence-corrected chi connectivity index (χ2v) is 7.90. The Morgan fingerprint density at radius 3 is 1.93 bits per heavy atom. The largest absolute Gasteiger partial charge is 0.457 e. The number of hydrogen-bond donors (Lipinski definition) is 3. The van der Waals surface area contributed by atoms with Gasteiger partial charge in [-0.05, 0) is 47.4 Å². The number of benzene rings is 2. The number of carbonyl (C=O) groups excluding carboxylic acids is 3. The summed E-state index contributed by atoms with van der Waals surface area (Å²) in [6.07, 6.45) is 0. The lowest BCUT2D eigenvalue weighted by molar-refractivity contribution is -0.132. The average molecular weight is 413 g/mol. The molecular formula is C22H27N3O5. The van der Waals surface area contributed by atoms with Crippen LogP contribution in [0.25, 0.3) is 0 Å². The van der Waals surface area contributed by atoms with Gasteiger partial charge in [-0.15, -0.1) is 0 Å². The first-order valence-electron chi connectivity index (χ1n) is 9.39. The summed E-state index contributed by atoms with van der Waals surface area (Å²) >= 11 is 0. The van der Waals surface area contributed by atoms with Crippen molar-refractivity contribution in [3.05, 3.63) is 59.7 Å². The monoisotopic (exact) mass is 413 g/mol. The quantitative estimate of drug-likeness (QED) is 0.579. The van der Waals surface area contributed by atoms with Gasteiger partial charge in [0.1, 0.15) is 24.1 Å². The molecule has 8 heteroatoms. The van der Waals surface area contributed by atoms with Crippen LogP contribution in [0.4, 0.5) is 0 Å². The summed E-state index contributed by atoms with van der Waals surface area (Å²) in [4.78, 5) is 34.6. The van der Waals surface area contributed by atoms with E-state index in [0.29, 0.717) is 17.1 Å².